The van der Waals surface area contributed by atoms with Gasteiger partial charge in [-0.2, -0.15) is 4.98 Å². The van der Waals surface area contributed by atoms with Crippen LogP contribution in [0.25, 0.3) is 0 Å². The van der Waals surface area contributed by atoms with Crippen LogP contribution in [0.1, 0.15) is 46.0 Å². The van der Waals surface area contributed by atoms with Crippen molar-refractivity contribution in [2.24, 2.45) is 5.41 Å². The first-order valence-corrected chi connectivity index (χ1v) is 7.26. The van der Waals surface area contributed by atoms with Gasteiger partial charge in [0.1, 0.15) is 5.82 Å². The molecule has 0 spiro atoms. The zero-order valence-electron chi connectivity index (χ0n) is 12.0. The van der Waals surface area contributed by atoms with Crippen LogP contribution in [-0.2, 0) is 0 Å². The van der Waals surface area contributed by atoms with E-state index in [1.165, 1.54) is 25.7 Å². The number of pyridine rings is 1. The summed E-state index contributed by atoms with van der Waals surface area (Å²) < 4.78 is 5.55. The smallest absolute Gasteiger partial charge is 0.239 e. The topological polar surface area (TPSA) is 60.2 Å². The Labute approximate surface area is 115 Å². The molecule has 1 aliphatic carbocycles. The van der Waals surface area contributed by atoms with Crippen molar-refractivity contribution in [2.45, 2.75) is 46.0 Å². The first-order valence-electron chi connectivity index (χ1n) is 7.26. The average Bonchev–Trinajstić information content (AvgIpc) is 2.84. The predicted octanol–water partition coefficient (Wildman–Crippen LogP) is 3.44. The van der Waals surface area contributed by atoms with E-state index in [-0.39, 0.29) is 0 Å². The van der Waals surface area contributed by atoms with Gasteiger partial charge in [-0.15, -0.1) is 0 Å². The van der Waals surface area contributed by atoms with Gasteiger partial charge in [0.2, 0.25) is 5.88 Å². The maximum absolute atomic E-state index is 5.86. The van der Waals surface area contributed by atoms with Gasteiger partial charge in [0, 0.05) is 6.54 Å². The van der Waals surface area contributed by atoms with Crippen LogP contribution in [0.15, 0.2) is 12.1 Å². The van der Waals surface area contributed by atoms with E-state index in [1.54, 1.807) is 0 Å². The lowest BCUT2D eigenvalue weighted by Crippen LogP contribution is -2.23. The van der Waals surface area contributed by atoms with E-state index < -0.39 is 0 Å². The fraction of sp³-hybridized carbons (Fsp3) is 0.667. The summed E-state index contributed by atoms with van der Waals surface area (Å²) in [6, 6.07) is 3.78. The first kappa shape index (κ1) is 14.0. The summed E-state index contributed by atoms with van der Waals surface area (Å²) >= 11 is 0. The highest BCUT2D eigenvalue weighted by molar-refractivity contribution is 5.53. The molecule has 3 N–H and O–H groups in total. The molecule has 1 heterocycles. The summed E-state index contributed by atoms with van der Waals surface area (Å²) in [5.41, 5.74) is 6.87. The zero-order chi connectivity index (χ0) is 13.7. The summed E-state index contributed by atoms with van der Waals surface area (Å²) in [4.78, 5) is 4.44. The van der Waals surface area contributed by atoms with Crippen LogP contribution in [0, 0.1) is 5.41 Å². The van der Waals surface area contributed by atoms with E-state index in [4.69, 9.17) is 10.5 Å². The molecule has 0 aliphatic heterocycles. The van der Waals surface area contributed by atoms with Crippen molar-refractivity contribution in [3.63, 3.8) is 0 Å². The Morgan fingerprint density at radius 1 is 1.37 bits per heavy atom. The Morgan fingerprint density at radius 2 is 2.11 bits per heavy atom. The fourth-order valence-electron chi connectivity index (χ4n) is 2.57. The number of nitrogens with two attached hydrogens (primary N) is 1. The quantitative estimate of drug-likeness (QED) is 0.825. The van der Waals surface area contributed by atoms with Gasteiger partial charge < -0.3 is 15.8 Å². The molecule has 1 saturated carbocycles. The summed E-state index contributed by atoms with van der Waals surface area (Å²) in [5, 5.41) is 3.42. The second-order valence-electron chi connectivity index (χ2n) is 5.81. The summed E-state index contributed by atoms with van der Waals surface area (Å²) in [5.74, 6) is 1.40. The lowest BCUT2D eigenvalue weighted by Gasteiger charge is -2.24. The number of hydrogen-bond donors (Lipinski definition) is 2. The van der Waals surface area contributed by atoms with E-state index in [0.717, 1.165) is 18.8 Å². The highest BCUT2D eigenvalue weighted by atomic mass is 16.5. The molecular weight excluding hydrogens is 238 g/mol. The van der Waals surface area contributed by atoms with Gasteiger partial charge in [-0.1, -0.05) is 26.7 Å². The van der Waals surface area contributed by atoms with Crippen molar-refractivity contribution < 1.29 is 4.74 Å². The number of nitrogens with zero attached hydrogens (tertiary/aromatic N) is 1. The van der Waals surface area contributed by atoms with E-state index in [9.17, 15) is 0 Å². The zero-order valence-corrected chi connectivity index (χ0v) is 12.0. The summed E-state index contributed by atoms with van der Waals surface area (Å²) in [7, 11) is 0. The molecule has 0 saturated heterocycles. The molecule has 4 heteroatoms. The number of aromatic nitrogens is 1. The van der Waals surface area contributed by atoms with Crippen molar-refractivity contribution >= 4 is 11.5 Å². The lowest BCUT2D eigenvalue weighted by atomic mass is 9.89. The molecule has 0 amide bonds. The van der Waals surface area contributed by atoms with Gasteiger partial charge in [-0.25, -0.2) is 0 Å². The third-order valence-corrected chi connectivity index (χ3v) is 3.84. The van der Waals surface area contributed by atoms with Gasteiger partial charge in [0.05, 0.1) is 12.3 Å². The fourth-order valence-corrected chi connectivity index (χ4v) is 2.57. The highest BCUT2D eigenvalue weighted by Crippen LogP contribution is 2.37. The largest absolute Gasteiger partial charge is 0.476 e. The van der Waals surface area contributed by atoms with Gasteiger partial charge in [0.15, 0.2) is 0 Å². The Bertz CT molecular complexity index is 414. The number of hydrogen-bond acceptors (Lipinski definition) is 4. The van der Waals surface area contributed by atoms with Gasteiger partial charge >= 0.3 is 0 Å². The van der Waals surface area contributed by atoms with Crippen molar-refractivity contribution in [1.82, 2.24) is 4.98 Å². The number of rotatable bonds is 6. The number of nitrogen functional groups attached to an aromatic ring is 1. The van der Waals surface area contributed by atoms with Crippen LogP contribution in [0.5, 0.6) is 5.88 Å². The first-order chi connectivity index (χ1) is 9.13. The third kappa shape index (κ3) is 3.75. The molecule has 1 aromatic rings. The molecule has 1 aromatic heterocycles. The van der Waals surface area contributed by atoms with Crippen molar-refractivity contribution in [2.75, 3.05) is 24.2 Å². The van der Waals surface area contributed by atoms with Crippen LogP contribution < -0.4 is 15.8 Å². The Hall–Kier alpha value is -1.45. The molecule has 0 radical (unpaired) electrons. The van der Waals surface area contributed by atoms with E-state index in [0.29, 0.717) is 23.6 Å². The molecule has 19 heavy (non-hydrogen) atoms. The number of ether oxygens (including phenoxy) is 1. The second kappa shape index (κ2) is 6.13. The van der Waals surface area contributed by atoms with Crippen LogP contribution in [0.2, 0.25) is 0 Å². The van der Waals surface area contributed by atoms with Crippen LogP contribution in [0.3, 0.4) is 0 Å². The molecular formula is C15H25N3O. The normalized spacial score (nSPS) is 17.4. The van der Waals surface area contributed by atoms with Crippen molar-refractivity contribution in [3.05, 3.63) is 12.1 Å². The molecule has 4 nitrogen and oxygen atoms in total. The van der Waals surface area contributed by atoms with E-state index in [2.05, 4.69) is 24.1 Å². The Balaban J connectivity index is 1.96. The maximum Gasteiger partial charge on any atom is 0.239 e. The molecule has 1 aliphatic rings. The van der Waals surface area contributed by atoms with Crippen LogP contribution in [0.4, 0.5) is 11.5 Å². The Morgan fingerprint density at radius 3 is 2.79 bits per heavy atom. The monoisotopic (exact) mass is 263 g/mol. The lowest BCUT2D eigenvalue weighted by molar-refractivity contribution is 0.307. The van der Waals surface area contributed by atoms with Gasteiger partial charge in [-0.3, -0.25) is 0 Å². The van der Waals surface area contributed by atoms with Crippen LogP contribution >= 0.6 is 0 Å². The molecule has 1 fully saturated rings. The van der Waals surface area contributed by atoms with Crippen LogP contribution in [-0.4, -0.2) is 18.1 Å². The SMILES string of the molecule is CCCOc1nc(NCC2(C)CCCC2)ccc1N. The molecule has 0 aromatic carbocycles. The minimum Gasteiger partial charge on any atom is -0.476 e. The molecule has 0 unspecified atom stereocenters. The van der Waals surface area contributed by atoms with Crippen molar-refractivity contribution in [3.8, 4) is 5.88 Å². The van der Waals surface area contributed by atoms with Crippen molar-refractivity contribution in [1.29, 1.82) is 0 Å². The standard InChI is InChI=1S/C15H25N3O/c1-3-10-19-14-12(16)6-7-13(18-14)17-11-15(2)8-4-5-9-15/h6-7H,3-5,8-11,16H2,1-2H3,(H,17,18). The minimum absolute atomic E-state index is 0.410. The van der Waals surface area contributed by atoms with E-state index >= 15 is 0 Å². The molecule has 0 bridgehead atoms. The highest BCUT2D eigenvalue weighted by Gasteiger charge is 2.28. The summed E-state index contributed by atoms with van der Waals surface area (Å²) in [6.45, 7) is 6.04. The van der Waals surface area contributed by atoms with E-state index in [1.807, 2.05) is 12.1 Å². The third-order valence-electron chi connectivity index (χ3n) is 3.84. The molecule has 2 rings (SSSR count). The summed E-state index contributed by atoms with van der Waals surface area (Å²) in [6.07, 6.45) is 6.25. The number of nitrogens with one attached hydrogen (secondary N) is 1. The maximum atomic E-state index is 5.86. The van der Waals surface area contributed by atoms with Gasteiger partial charge in [-0.05, 0) is 36.8 Å². The number of anilines is 2. The molecule has 106 valence electrons. The minimum atomic E-state index is 0.410. The Kier molecular flexibility index (Phi) is 4.51. The predicted molar refractivity (Wildman–Crippen MR) is 79.5 cm³/mol. The van der Waals surface area contributed by atoms with Gasteiger partial charge in [0.25, 0.3) is 0 Å². The molecule has 0 atom stereocenters. The second-order valence-corrected chi connectivity index (χ2v) is 5.81. The average molecular weight is 263 g/mol.